The third kappa shape index (κ3) is 2.83. The molecule has 1 aliphatic rings. The molecule has 5 rings (SSSR count). The van der Waals surface area contributed by atoms with Gasteiger partial charge in [-0.2, -0.15) is 4.98 Å². The maximum atomic E-state index is 11.7. The van der Waals surface area contributed by atoms with Gasteiger partial charge in [-0.15, -0.1) is 0 Å². The number of nitrogens with zero attached hydrogens (tertiary/aromatic N) is 6. The highest BCUT2D eigenvalue weighted by atomic mass is 16.5. The molecular formula is C20H17N7O2. The maximum absolute atomic E-state index is 11.7. The average Bonchev–Trinajstić information content (AvgIpc) is 3.35. The summed E-state index contributed by atoms with van der Waals surface area (Å²) in [5.74, 6) is 1.63. The van der Waals surface area contributed by atoms with E-state index in [2.05, 4.69) is 20.3 Å². The van der Waals surface area contributed by atoms with E-state index in [0.717, 1.165) is 22.9 Å². The van der Waals surface area contributed by atoms with Crippen LogP contribution in [0.25, 0.3) is 17.0 Å². The molecule has 29 heavy (non-hydrogen) atoms. The van der Waals surface area contributed by atoms with Gasteiger partial charge in [-0.3, -0.25) is 9.36 Å². The fourth-order valence-electron chi connectivity index (χ4n) is 3.48. The van der Waals surface area contributed by atoms with Gasteiger partial charge in [0.1, 0.15) is 6.33 Å². The Morgan fingerprint density at radius 1 is 1.17 bits per heavy atom. The number of carbonyl (C=O) groups is 1. The minimum atomic E-state index is -0.556. The highest BCUT2D eigenvalue weighted by Crippen LogP contribution is 2.34. The van der Waals surface area contributed by atoms with Crippen LogP contribution in [0.1, 0.15) is 5.56 Å². The summed E-state index contributed by atoms with van der Waals surface area (Å²) in [4.78, 5) is 31.4. The van der Waals surface area contributed by atoms with E-state index in [1.807, 2.05) is 45.9 Å². The van der Waals surface area contributed by atoms with Crippen LogP contribution in [0.5, 0.6) is 5.88 Å². The number of para-hydroxylation sites is 2. The summed E-state index contributed by atoms with van der Waals surface area (Å²) in [7, 11) is 1.57. The standard InChI is InChI=1S/C20H17N7O2/c1-29-19-13(5-4-8-21-19)10-26-17(11-28)24-15-9-22-20(25-18(15)26)27-12-23-14-6-2-3-7-16(14)27/h2-9,11-12,17,24H,10H2,1H3. The van der Waals surface area contributed by atoms with Crippen molar-refractivity contribution >= 4 is 28.8 Å². The lowest BCUT2D eigenvalue weighted by Gasteiger charge is -2.22. The first-order valence-electron chi connectivity index (χ1n) is 9.04. The van der Waals surface area contributed by atoms with E-state index in [9.17, 15) is 4.79 Å². The lowest BCUT2D eigenvalue weighted by molar-refractivity contribution is -0.108. The molecule has 0 radical (unpaired) electrons. The quantitative estimate of drug-likeness (QED) is 0.521. The van der Waals surface area contributed by atoms with E-state index in [1.54, 1.807) is 25.8 Å². The van der Waals surface area contributed by atoms with Crippen LogP contribution in [0.2, 0.25) is 0 Å². The number of anilines is 2. The van der Waals surface area contributed by atoms with Crippen LogP contribution in [-0.2, 0) is 11.3 Å². The van der Waals surface area contributed by atoms with E-state index >= 15 is 0 Å². The number of benzene rings is 1. The molecule has 0 bridgehead atoms. The van der Waals surface area contributed by atoms with E-state index in [0.29, 0.717) is 29.9 Å². The van der Waals surface area contributed by atoms with Gasteiger partial charge >= 0.3 is 0 Å². The molecule has 3 aromatic heterocycles. The van der Waals surface area contributed by atoms with Crippen LogP contribution in [0.15, 0.2) is 55.1 Å². The Hall–Kier alpha value is -4.01. The zero-order valence-corrected chi connectivity index (χ0v) is 15.6. The van der Waals surface area contributed by atoms with Crippen molar-refractivity contribution < 1.29 is 9.53 Å². The molecule has 0 saturated heterocycles. The molecule has 9 nitrogen and oxygen atoms in total. The van der Waals surface area contributed by atoms with Crippen LogP contribution in [0.3, 0.4) is 0 Å². The minimum absolute atomic E-state index is 0.404. The molecule has 0 amide bonds. The third-order valence-electron chi connectivity index (χ3n) is 4.85. The molecule has 1 atom stereocenters. The summed E-state index contributed by atoms with van der Waals surface area (Å²) < 4.78 is 7.18. The van der Waals surface area contributed by atoms with Crippen molar-refractivity contribution in [2.45, 2.75) is 12.7 Å². The van der Waals surface area contributed by atoms with Crippen molar-refractivity contribution in [2.24, 2.45) is 0 Å². The second-order valence-corrected chi connectivity index (χ2v) is 6.54. The molecule has 1 aliphatic heterocycles. The van der Waals surface area contributed by atoms with Gasteiger partial charge in [0.2, 0.25) is 11.8 Å². The van der Waals surface area contributed by atoms with Gasteiger partial charge < -0.3 is 15.0 Å². The Balaban J connectivity index is 1.57. The predicted molar refractivity (Wildman–Crippen MR) is 107 cm³/mol. The minimum Gasteiger partial charge on any atom is -0.481 e. The SMILES string of the molecule is COc1ncccc1CN1c2nc(-n3cnc4ccccc43)ncc2NC1C=O. The number of rotatable bonds is 5. The smallest absolute Gasteiger partial charge is 0.237 e. The summed E-state index contributed by atoms with van der Waals surface area (Å²) in [5, 5.41) is 3.15. The summed E-state index contributed by atoms with van der Waals surface area (Å²) in [6, 6.07) is 11.5. The molecule has 0 fully saturated rings. The molecule has 0 spiro atoms. The van der Waals surface area contributed by atoms with Crippen molar-refractivity contribution in [1.82, 2.24) is 24.5 Å². The number of carbonyl (C=O) groups excluding carboxylic acids is 1. The molecule has 1 N–H and O–H groups in total. The van der Waals surface area contributed by atoms with E-state index in [4.69, 9.17) is 9.72 Å². The molecule has 9 heteroatoms. The molecule has 1 aromatic carbocycles. The molecule has 1 unspecified atom stereocenters. The molecule has 4 heterocycles. The summed E-state index contributed by atoms with van der Waals surface area (Å²) in [6.45, 7) is 0.404. The van der Waals surface area contributed by atoms with Crippen LogP contribution in [-0.4, -0.2) is 44.1 Å². The van der Waals surface area contributed by atoms with Crippen LogP contribution in [0.4, 0.5) is 11.5 Å². The van der Waals surface area contributed by atoms with Crippen LogP contribution in [0, 0.1) is 0 Å². The Morgan fingerprint density at radius 3 is 2.93 bits per heavy atom. The lowest BCUT2D eigenvalue weighted by Crippen LogP contribution is -2.36. The number of fused-ring (bicyclic) bond motifs is 2. The first-order chi connectivity index (χ1) is 14.3. The Labute approximate surface area is 166 Å². The predicted octanol–water partition coefficient (Wildman–Crippen LogP) is 2.18. The van der Waals surface area contributed by atoms with Gasteiger partial charge in [0, 0.05) is 11.8 Å². The van der Waals surface area contributed by atoms with Gasteiger partial charge in [0.05, 0.1) is 36.6 Å². The number of methoxy groups -OCH3 is 1. The second-order valence-electron chi connectivity index (χ2n) is 6.54. The van der Waals surface area contributed by atoms with Gasteiger partial charge in [0.15, 0.2) is 18.3 Å². The van der Waals surface area contributed by atoms with Crippen molar-refractivity contribution in [2.75, 3.05) is 17.3 Å². The monoisotopic (exact) mass is 387 g/mol. The van der Waals surface area contributed by atoms with E-state index in [1.165, 1.54) is 0 Å². The van der Waals surface area contributed by atoms with Gasteiger partial charge in [0.25, 0.3) is 0 Å². The first-order valence-corrected chi connectivity index (χ1v) is 9.04. The molecular weight excluding hydrogens is 370 g/mol. The number of ether oxygens (including phenoxy) is 1. The molecule has 0 saturated carbocycles. The normalized spacial score (nSPS) is 15.2. The third-order valence-corrected chi connectivity index (χ3v) is 4.85. The number of hydrogen-bond donors (Lipinski definition) is 1. The van der Waals surface area contributed by atoms with E-state index < -0.39 is 6.17 Å². The summed E-state index contributed by atoms with van der Waals surface area (Å²) in [6.07, 6.45) is 5.33. The van der Waals surface area contributed by atoms with Gasteiger partial charge in [-0.05, 0) is 18.2 Å². The highest BCUT2D eigenvalue weighted by Gasteiger charge is 2.31. The van der Waals surface area contributed by atoms with Crippen molar-refractivity contribution in [3.8, 4) is 11.8 Å². The zero-order chi connectivity index (χ0) is 19.8. The lowest BCUT2D eigenvalue weighted by atomic mass is 10.2. The Morgan fingerprint density at radius 2 is 2.07 bits per heavy atom. The number of aldehydes is 1. The van der Waals surface area contributed by atoms with Crippen LogP contribution < -0.4 is 15.0 Å². The number of pyridine rings is 1. The number of aromatic nitrogens is 5. The second kappa shape index (κ2) is 6.86. The highest BCUT2D eigenvalue weighted by molar-refractivity contribution is 5.82. The largest absolute Gasteiger partial charge is 0.481 e. The van der Waals surface area contributed by atoms with Gasteiger partial charge in [-0.25, -0.2) is 15.0 Å². The Bertz CT molecular complexity index is 1210. The fraction of sp³-hybridized carbons (Fsp3) is 0.150. The topological polar surface area (TPSA) is 98.1 Å². The molecule has 144 valence electrons. The zero-order valence-electron chi connectivity index (χ0n) is 15.6. The van der Waals surface area contributed by atoms with Crippen molar-refractivity contribution in [3.63, 3.8) is 0 Å². The van der Waals surface area contributed by atoms with Crippen molar-refractivity contribution in [3.05, 3.63) is 60.7 Å². The molecule has 0 aliphatic carbocycles. The summed E-state index contributed by atoms with van der Waals surface area (Å²) in [5.41, 5.74) is 3.31. The number of imidazole rings is 1. The van der Waals surface area contributed by atoms with Gasteiger partial charge in [-0.1, -0.05) is 18.2 Å². The Kier molecular flexibility index (Phi) is 4.05. The van der Waals surface area contributed by atoms with Crippen molar-refractivity contribution in [1.29, 1.82) is 0 Å². The first kappa shape index (κ1) is 17.1. The number of hydrogen-bond acceptors (Lipinski definition) is 8. The summed E-state index contributed by atoms with van der Waals surface area (Å²) >= 11 is 0. The molecule has 4 aromatic rings. The maximum Gasteiger partial charge on any atom is 0.237 e. The number of nitrogens with one attached hydrogen (secondary N) is 1. The average molecular weight is 387 g/mol. The van der Waals surface area contributed by atoms with Crippen LogP contribution >= 0.6 is 0 Å². The van der Waals surface area contributed by atoms with E-state index in [-0.39, 0.29) is 0 Å². The fourth-order valence-corrected chi connectivity index (χ4v) is 3.48.